The van der Waals surface area contributed by atoms with E-state index in [4.69, 9.17) is 0 Å². The molecule has 66 valence electrons. The van der Waals surface area contributed by atoms with Crippen molar-refractivity contribution in [2.75, 3.05) is 0 Å². The molecule has 3 nitrogen and oxygen atoms in total. The largest absolute Gasteiger partial charge is 0.233 e. The minimum absolute atomic E-state index is 0.527. The standard InChI is InChI=1S/C10H11N3/c1-7(2)8-3-4-9-10(5-8)11-6-12-13-9/h3-7H,1-2H3. The van der Waals surface area contributed by atoms with Crippen molar-refractivity contribution in [1.82, 2.24) is 15.2 Å². The van der Waals surface area contributed by atoms with E-state index >= 15 is 0 Å². The van der Waals surface area contributed by atoms with Gasteiger partial charge in [-0.05, 0) is 23.6 Å². The molecule has 0 amide bonds. The number of rotatable bonds is 1. The lowest BCUT2D eigenvalue weighted by atomic mass is 10.0. The highest BCUT2D eigenvalue weighted by atomic mass is 15.1. The third kappa shape index (κ3) is 1.49. The van der Waals surface area contributed by atoms with Crippen LogP contribution in [0.1, 0.15) is 25.3 Å². The second-order valence-electron chi connectivity index (χ2n) is 3.36. The molecule has 0 aliphatic heterocycles. The summed E-state index contributed by atoms with van der Waals surface area (Å²) in [6.07, 6.45) is 1.48. The summed E-state index contributed by atoms with van der Waals surface area (Å²) in [6, 6.07) is 6.10. The first kappa shape index (κ1) is 8.10. The quantitative estimate of drug-likeness (QED) is 0.663. The zero-order valence-corrected chi connectivity index (χ0v) is 7.73. The van der Waals surface area contributed by atoms with Crippen molar-refractivity contribution < 1.29 is 0 Å². The van der Waals surface area contributed by atoms with Crippen LogP contribution in [0.5, 0.6) is 0 Å². The number of hydrogen-bond acceptors (Lipinski definition) is 3. The topological polar surface area (TPSA) is 38.7 Å². The minimum Gasteiger partial charge on any atom is -0.233 e. The highest BCUT2D eigenvalue weighted by Crippen LogP contribution is 2.17. The Bertz CT molecular complexity index is 423. The average molecular weight is 173 g/mol. The summed E-state index contributed by atoms with van der Waals surface area (Å²) in [4.78, 5) is 4.15. The number of aromatic nitrogens is 3. The van der Waals surface area contributed by atoms with Crippen molar-refractivity contribution in [3.05, 3.63) is 30.1 Å². The molecule has 0 saturated carbocycles. The number of nitrogens with zero attached hydrogens (tertiary/aromatic N) is 3. The molecule has 2 aromatic rings. The van der Waals surface area contributed by atoms with Crippen molar-refractivity contribution >= 4 is 11.0 Å². The van der Waals surface area contributed by atoms with Gasteiger partial charge in [0.1, 0.15) is 11.8 Å². The van der Waals surface area contributed by atoms with Crippen LogP contribution >= 0.6 is 0 Å². The Hall–Kier alpha value is -1.51. The van der Waals surface area contributed by atoms with Crippen LogP contribution in [0.3, 0.4) is 0 Å². The zero-order chi connectivity index (χ0) is 9.26. The van der Waals surface area contributed by atoms with E-state index in [0.717, 1.165) is 11.0 Å². The van der Waals surface area contributed by atoms with Crippen LogP contribution in [-0.4, -0.2) is 15.2 Å². The first-order valence-electron chi connectivity index (χ1n) is 4.35. The van der Waals surface area contributed by atoms with Crippen molar-refractivity contribution in [2.24, 2.45) is 0 Å². The van der Waals surface area contributed by atoms with Gasteiger partial charge < -0.3 is 0 Å². The SMILES string of the molecule is CC(C)c1ccc2nncnc2c1. The predicted molar refractivity (Wildman–Crippen MR) is 51.4 cm³/mol. The van der Waals surface area contributed by atoms with Crippen LogP contribution in [0, 0.1) is 0 Å². The van der Waals surface area contributed by atoms with E-state index in [9.17, 15) is 0 Å². The molecule has 1 aromatic carbocycles. The summed E-state index contributed by atoms with van der Waals surface area (Å²) in [5.74, 6) is 0.527. The van der Waals surface area contributed by atoms with Gasteiger partial charge in [-0.2, -0.15) is 0 Å². The second kappa shape index (κ2) is 3.09. The Kier molecular flexibility index (Phi) is 1.93. The molecule has 0 spiro atoms. The van der Waals surface area contributed by atoms with Gasteiger partial charge in [0.15, 0.2) is 0 Å². The lowest BCUT2D eigenvalue weighted by Gasteiger charge is -2.04. The number of fused-ring (bicyclic) bond motifs is 1. The number of benzene rings is 1. The van der Waals surface area contributed by atoms with Gasteiger partial charge in [0.05, 0.1) is 5.52 Å². The third-order valence-electron chi connectivity index (χ3n) is 2.08. The third-order valence-corrected chi connectivity index (χ3v) is 2.08. The van der Waals surface area contributed by atoms with Gasteiger partial charge in [0, 0.05) is 0 Å². The normalized spacial score (nSPS) is 11.0. The summed E-state index contributed by atoms with van der Waals surface area (Å²) in [6.45, 7) is 4.32. The highest BCUT2D eigenvalue weighted by molar-refractivity contribution is 5.73. The maximum Gasteiger partial charge on any atom is 0.138 e. The molecule has 0 bridgehead atoms. The van der Waals surface area contributed by atoms with Crippen molar-refractivity contribution in [3.63, 3.8) is 0 Å². The minimum atomic E-state index is 0.527. The molecule has 0 fully saturated rings. The molecular weight excluding hydrogens is 162 g/mol. The van der Waals surface area contributed by atoms with Crippen molar-refractivity contribution in [1.29, 1.82) is 0 Å². The van der Waals surface area contributed by atoms with E-state index in [1.165, 1.54) is 11.9 Å². The summed E-state index contributed by atoms with van der Waals surface area (Å²) >= 11 is 0. The first-order chi connectivity index (χ1) is 6.27. The van der Waals surface area contributed by atoms with Gasteiger partial charge in [-0.25, -0.2) is 4.98 Å². The summed E-state index contributed by atoms with van der Waals surface area (Å²) in [7, 11) is 0. The zero-order valence-electron chi connectivity index (χ0n) is 7.73. The number of hydrogen-bond donors (Lipinski definition) is 0. The molecule has 3 heteroatoms. The van der Waals surface area contributed by atoms with E-state index in [1.54, 1.807) is 0 Å². The Labute approximate surface area is 76.8 Å². The van der Waals surface area contributed by atoms with Crippen LogP contribution in [0.2, 0.25) is 0 Å². The Morgan fingerprint density at radius 1 is 1.15 bits per heavy atom. The van der Waals surface area contributed by atoms with E-state index in [0.29, 0.717) is 5.92 Å². The Balaban J connectivity index is 2.62. The van der Waals surface area contributed by atoms with Crippen LogP contribution in [0.25, 0.3) is 11.0 Å². The predicted octanol–water partition coefficient (Wildman–Crippen LogP) is 2.15. The average Bonchev–Trinajstić information content (AvgIpc) is 2.17. The van der Waals surface area contributed by atoms with Gasteiger partial charge in [0.2, 0.25) is 0 Å². The lowest BCUT2D eigenvalue weighted by Crippen LogP contribution is -1.90. The van der Waals surface area contributed by atoms with Crippen LogP contribution in [0.4, 0.5) is 0 Å². The summed E-state index contributed by atoms with van der Waals surface area (Å²) in [5.41, 5.74) is 3.06. The monoisotopic (exact) mass is 173 g/mol. The van der Waals surface area contributed by atoms with Crippen molar-refractivity contribution in [3.8, 4) is 0 Å². The van der Waals surface area contributed by atoms with E-state index < -0.39 is 0 Å². The molecule has 0 radical (unpaired) electrons. The molecule has 1 aromatic heterocycles. The van der Waals surface area contributed by atoms with E-state index in [2.05, 4.69) is 41.2 Å². The van der Waals surface area contributed by atoms with Gasteiger partial charge in [0.25, 0.3) is 0 Å². The maximum atomic E-state index is 4.15. The van der Waals surface area contributed by atoms with E-state index in [-0.39, 0.29) is 0 Å². The Morgan fingerprint density at radius 3 is 2.77 bits per heavy atom. The fourth-order valence-corrected chi connectivity index (χ4v) is 1.26. The van der Waals surface area contributed by atoms with Gasteiger partial charge in [-0.3, -0.25) is 0 Å². The van der Waals surface area contributed by atoms with Crippen LogP contribution in [0.15, 0.2) is 24.5 Å². The van der Waals surface area contributed by atoms with E-state index in [1.807, 2.05) is 6.07 Å². The van der Waals surface area contributed by atoms with Crippen LogP contribution in [-0.2, 0) is 0 Å². The summed E-state index contributed by atoms with van der Waals surface area (Å²) < 4.78 is 0. The van der Waals surface area contributed by atoms with Crippen molar-refractivity contribution in [2.45, 2.75) is 19.8 Å². The second-order valence-corrected chi connectivity index (χ2v) is 3.36. The molecule has 0 aliphatic rings. The first-order valence-corrected chi connectivity index (χ1v) is 4.35. The molecule has 13 heavy (non-hydrogen) atoms. The maximum absolute atomic E-state index is 4.15. The van der Waals surface area contributed by atoms with Gasteiger partial charge in [-0.1, -0.05) is 19.9 Å². The molecule has 0 atom stereocenters. The molecule has 0 saturated heterocycles. The molecule has 0 N–H and O–H groups in total. The summed E-state index contributed by atoms with van der Waals surface area (Å²) in [5, 5.41) is 7.70. The molecule has 0 aliphatic carbocycles. The van der Waals surface area contributed by atoms with Crippen LogP contribution < -0.4 is 0 Å². The van der Waals surface area contributed by atoms with Gasteiger partial charge >= 0.3 is 0 Å². The lowest BCUT2D eigenvalue weighted by molar-refractivity contribution is 0.867. The fourth-order valence-electron chi connectivity index (χ4n) is 1.26. The molecular formula is C10H11N3. The van der Waals surface area contributed by atoms with Gasteiger partial charge in [-0.15, -0.1) is 10.2 Å². The highest BCUT2D eigenvalue weighted by Gasteiger charge is 2.01. The molecule has 0 unspecified atom stereocenters. The molecule has 1 heterocycles. The fraction of sp³-hybridized carbons (Fsp3) is 0.300. The molecule has 2 rings (SSSR count). The smallest absolute Gasteiger partial charge is 0.138 e. The Morgan fingerprint density at radius 2 is 2.00 bits per heavy atom.